The summed E-state index contributed by atoms with van der Waals surface area (Å²) in [5, 5.41) is 17.5. The number of fused-ring (bicyclic) bond motifs is 2. The van der Waals surface area contributed by atoms with Crippen LogP contribution >= 0.6 is 0 Å². The van der Waals surface area contributed by atoms with E-state index in [-0.39, 0.29) is 35.3 Å². The molecule has 2 atom stereocenters. The van der Waals surface area contributed by atoms with Crippen molar-refractivity contribution >= 4 is 29.0 Å². The topological polar surface area (TPSA) is 129 Å². The molecule has 1 saturated heterocycles. The number of hydrogen-bond acceptors (Lipinski definition) is 7. The van der Waals surface area contributed by atoms with Crippen molar-refractivity contribution in [2.45, 2.75) is 63.8 Å². The summed E-state index contributed by atoms with van der Waals surface area (Å²) in [7, 11) is 0. The Labute approximate surface area is 214 Å². The van der Waals surface area contributed by atoms with Crippen LogP contribution in [0.15, 0.2) is 24.4 Å². The second kappa shape index (κ2) is 8.17. The highest BCUT2D eigenvalue weighted by Crippen LogP contribution is 2.42. The van der Waals surface area contributed by atoms with Gasteiger partial charge in [0.05, 0.1) is 23.0 Å². The van der Waals surface area contributed by atoms with Gasteiger partial charge in [0.2, 0.25) is 0 Å². The monoisotopic (exact) mass is 501 g/mol. The van der Waals surface area contributed by atoms with E-state index >= 15 is 0 Å². The van der Waals surface area contributed by atoms with Gasteiger partial charge in [-0.3, -0.25) is 9.59 Å². The van der Waals surface area contributed by atoms with E-state index in [0.29, 0.717) is 43.3 Å². The summed E-state index contributed by atoms with van der Waals surface area (Å²) in [5.41, 5.74) is 10.9. The average molecular weight is 502 g/mol. The average Bonchev–Trinajstić information content (AvgIpc) is 3.79. The molecule has 4 N–H and O–H groups in total. The maximum Gasteiger partial charge on any atom is 0.259 e. The van der Waals surface area contributed by atoms with Crippen LogP contribution in [0, 0.1) is 5.92 Å². The number of aliphatic hydroxyl groups excluding tert-OH is 1. The van der Waals surface area contributed by atoms with Gasteiger partial charge in [-0.1, -0.05) is 0 Å². The molecule has 2 amide bonds. The highest BCUT2D eigenvalue weighted by Gasteiger charge is 2.41. The minimum Gasteiger partial charge on any atom is -0.391 e. The van der Waals surface area contributed by atoms with Crippen LogP contribution in [-0.4, -0.2) is 67.7 Å². The first kappa shape index (κ1) is 22.5. The number of β-amino-alcohol motifs (C(OH)–C–C–N with tert-alkyl or cyclic N) is 1. The molecular formula is C27H31N7O3. The Bertz CT molecular complexity index is 1440. The van der Waals surface area contributed by atoms with Crippen LogP contribution in [0.2, 0.25) is 0 Å². The second-order valence-electron chi connectivity index (χ2n) is 11.0. The molecular weight excluding hydrogens is 470 g/mol. The number of aromatic nitrogens is 3. The number of anilines is 2. The first-order chi connectivity index (χ1) is 17.9. The lowest BCUT2D eigenvalue weighted by Crippen LogP contribution is -2.35. The Morgan fingerprint density at radius 3 is 2.73 bits per heavy atom. The lowest BCUT2D eigenvalue weighted by atomic mass is 10.0. The molecule has 37 heavy (non-hydrogen) atoms. The van der Waals surface area contributed by atoms with Crippen LogP contribution in [0.25, 0.3) is 16.9 Å². The first-order valence-electron chi connectivity index (χ1n) is 13.2. The molecule has 0 bridgehead atoms. The maximum absolute atomic E-state index is 13.6. The largest absolute Gasteiger partial charge is 0.391 e. The smallest absolute Gasteiger partial charge is 0.259 e. The van der Waals surface area contributed by atoms with Crippen molar-refractivity contribution in [3.63, 3.8) is 0 Å². The maximum atomic E-state index is 13.6. The number of rotatable bonds is 6. The van der Waals surface area contributed by atoms with Gasteiger partial charge in [0.1, 0.15) is 5.56 Å². The molecule has 4 heterocycles. The van der Waals surface area contributed by atoms with Gasteiger partial charge in [-0.2, -0.15) is 0 Å². The fourth-order valence-electron chi connectivity index (χ4n) is 5.79. The van der Waals surface area contributed by atoms with E-state index < -0.39 is 6.10 Å². The van der Waals surface area contributed by atoms with Gasteiger partial charge in [-0.15, -0.1) is 5.10 Å². The van der Waals surface area contributed by atoms with Gasteiger partial charge >= 0.3 is 0 Å². The van der Waals surface area contributed by atoms with Crippen molar-refractivity contribution in [1.29, 1.82) is 0 Å². The lowest BCUT2D eigenvalue weighted by Gasteiger charge is -2.25. The van der Waals surface area contributed by atoms with E-state index in [1.807, 2.05) is 23.1 Å². The fourth-order valence-corrected chi connectivity index (χ4v) is 5.79. The van der Waals surface area contributed by atoms with Crippen molar-refractivity contribution in [2.75, 3.05) is 23.7 Å². The minimum absolute atomic E-state index is 0.0725. The molecule has 7 rings (SSSR count). The molecule has 3 aromatic rings. The highest BCUT2D eigenvalue weighted by atomic mass is 16.3. The zero-order valence-electron chi connectivity index (χ0n) is 20.9. The number of aliphatic hydroxyl groups is 1. The Morgan fingerprint density at radius 2 is 2.03 bits per heavy atom. The quantitative estimate of drug-likeness (QED) is 0.472. The number of nitrogens with two attached hydrogens (primary N) is 1. The number of nitrogens with zero attached hydrogens (tertiary/aromatic N) is 5. The lowest BCUT2D eigenvalue weighted by molar-refractivity contribution is 0.0697. The molecule has 0 radical (unpaired) electrons. The second-order valence-corrected chi connectivity index (χ2v) is 11.0. The molecule has 10 heteroatoms. The van der Waals surface area contributed by atoms with Gasteiger partial charge in [0.25, 0.3) is 11.8 Å². The van der Waals surface area contributed by atoms with E-state index in [1.54, 1.807) is 6.20 Å². The molecule has 4 aliphatic rings. The third kappa shape index (κ3) is 3.81. The molecule has 1 unspecified atom stereocenters. The number of amides is 2. The molecule has 0 spiro atoms. The molecule has 2 aliphatic carbocycles. The summed E-state index contributed by atoms with van der Waals surface area (Å²) in [6.45, 7) is 3.91. The van der Waals surface area contributed by atoms with Crippen molar-refractivity contribution in [3.8, 4) is 11.3 Å². The summed E-state index contributed by atoms with van der Waals surface area (Å²) in [6.07, 6.45) is 6.33. The number of carbonyl (C=O) groups excluding carboxylic acids is 2. The van der Waals surface area contributed by atoms with E-state index in [9.17, 15) is 14.7 Å². The molecule has 2 saturated carbocycles. The van der Waals surface area contributed by atoms with Gasteiger partial charge in [0.15, 0.2) is 11.5 Å². The van der Waals surface area contributed by atoms with Crippen LogP contribution in [0.5, 0.6) is 0 Å². The van der Waals surface area contributed by atoms with Gasteiger partial charge in [0, 0.05) is 43.5 Å². The molecule has 2 aromatic heterocycles. The molecule has 2 aliphatic heterocycles. The Kier molecular flexibility index (Phi) is 4.98. The van der Waals surface area contributed by atoms with Crippen LogP contribution < -0.4 is 16.0 Å². The fraction of sp³-hybridized carbons (Fsp3) is 0.481. The standard InChI is InChI=1S/C27H31N7O3/c1-14(15-2-3-15)33-12-17-10-16(11-21(22(17)27(33)37)32-8-6-19(35)13-32)20-7-9-34-25(30-20)23(24(28)31-34)26(36)29-18-4-5-18/h7,9-11,14-15,18-19,35H,2-6,8,12-13H2,1H3,(H2,28,31)(H,29,36)/t14?,19-/m0/s1. The molecule has 192 valence electrons. The van der Waals surface area contributed by atoms with E-state index in [2.05, 4.69) is 22.2 Å². The van der Waals surface area contributed by atoms with Crippen molar-refractivity contribution in [3.05, 3.63) is 41.1 Å². The van der Waals surface area contributed by atoms with Crippen molar-refractivity contribution < 1.29 is 14.7 Å². The van der Waals surface area contributed by atoms with Crippen molar-refractivity contribution in [2.24, 2.45) is 5.92 Å². The third-order valence-corrected chi connectivity index (χ3v) is 8.26. The van der Waals surface area contributed by atoms with Crippen molar-refractivity contribution in [1.82, 2.24) is 24.8 Å². The Balaban J connectivity index is 1.32. The SMILES string of the molecule is CC(C1CC1)N1Cc2cc(-c3ccn4nc(N)c(C(=O)NC5CC5)c4n3)cc(N3CC[C@H](O)C3)c2C1=O. The normalized spacial score (nSPS) is 22.1. The first-order valence-corrected chi connectivity index (χ1v) is 13.2. The Hall–Kier alpha value is -3.66. The van der Waals surface area contributed by atoms with Crippen LogP contribution in [0.3, 0.4) is 0 Å². The number of nitrogen functional groups attached to an aromatic ring is 1. The zero-order valence-corrected chi connectivity index (χ0v) is 20.9. The van der Waals surface area contributed by atoms with Crippen LogP contribution in [0.4, 0.5) is 11.5 Å². The highest BCUT2D eigenvalue weighted by molar-refractivity contribution is 6.06. The number of carbonyl (C=O) groups is 2. The molecule has 10 nitrogen and oxygen atoms in total. The third-order valence-electron chi connectivity index (χ3n) is 8.26. The van der Waals surface area contributed by atoms with Crippen LogP contribution in [-0.2, 0) is 6.54 Å². The van der Waals surface area contributed by atoms with E-state index in [1.165, 1.54) is 17.4 Å². The number of benzene rings is 1. The van der Waals surface area contributed by atoms with Crippen LogP contribution in [0.1, 0.15) is 65.3 Å². The zero-order chi connectivity index (χ0) is 25.4. The summed E-state index contributed by atoms with van der Waals surface area (Å²) in [4.78, 5) is 35.4. The molecule has 3 fully saturated rings. The summed E-state index contributed by atoms with van der Waals surface area (Å²) < 4.78 is 1.54. The molecule has 1 aromatic carbocycles. The Morgan fingerprint density at radius 1 is 1.22 bits per heavy atom. The van der Waals surface area contributed by atoms with Gasteiger partial charge in [-0.05, 0) is 68.7 Å². The van der Waals surface area contributed by atoms with E-state index in [4.69, 9.17) is 10.7 Å². The summed E-state index contributed by atoms with van der Waals surface area (Å²) >= 11 is 0. The predicted molar refractivity (Wildman–Crippen MR) is 138 cm³/mol. The van der Waals surface area contributed by atoms with E-state index in [0.717, 1.165) is 35.2 Å². The summed E-state index contributed by atoms with van der Waals surface area (Å²) in [5.74, 6) is 0.546. The number of hydrogen-bond donors (Lipinski definition) is 3. The predicted octanol–water partition coefficient (Wildman–Crippen LogP) is 2.20. The van der Waals surface area contributed by atoms with Gasteiger partial charge in [-0.25, -0.2) is 9.50 Å². The summed E-state index contributed by atoms with van der Waals surface area (Å²) in [6, 6.07) is 6.30. The minimum atomic E-state index is -0.408. The van der Waals surface area contributed by atoms with Gasteiger partial charge < -0.3 is 26.0 Å². The number of nitrogens with one attached hydrogen (secondary N) is 1.